The minimum absolute atomic E-state index is 0. The highest BCUT2D eigenvalue weighted by Crippen LogP contribution is 2.48. The Labute approximate surface area is 334 Å². The molecule has 0 bridgehead atoms. The number of hydrogen-bond donors (Lipinski definition) is 3. The highest BCUT2D eigenvalue weighted by atomic mass is 35.5. The van der Waals surface area contributed by atoms with Gasteiger partial charge in [0.05, 0.1) is 10.0 Å². The van der Waals surface area contributed by atoms with Gasteiger partial charge in [-0.25, -0.2) is 4.79 Å². The van der Waals surface area contributed by atoms with Crippen molar-refractivity contribution >= 4 is 53.6 Å². The first-order chi connectivity index (χ1) is 25.0. The van der Waals surface area contributed by atoms with E-state index in [4.69, 9.17) is 37.4 Å². The van der Waals surface area contributed by atoms with Crippen LogP contribution in [0.5, 0.6) is 11.5 Å². The molecule has 0 atom stereocenters. The maximum Gasteiger partial charge on any atom is 0.410 e. The fourth-order valence-corrected chi connectivity index (χ4v) is 6.76. The summed E-state index contributed by atoms with van der Waals surface area (Å²) in [6.07, 6.45) is 2.34. The lowest BCUT2D eigenvalue weighted by atomic mass is 10.1. The van der Waals surface area contributed by atoms with Gasteiger partial charge in [-0.3, -0.25) is 19.4 Å². The second kappa shape index (κ2) is 18.3. The summed E-state index contributed by atoms with van der Waals surface area (Å²) in [6, 6.07) is 7.97. The number of amides is 1. The van der Waals surface area contributed by atoms with E-state index in [1.54, 1.807) is 4.90 Å². The minimum Gasteiger partial charge on any atom is -0.490 e. The van der Waals surface area contributed by atoms with Gasteiger partial charge in [0, 0.05) is 76.6 Å². The third-order valence-corrected chi connectivity index (χ3v) is 11.3. The average Bonchev–Trinajstić information content (AvgIpc) is 4.05. The zero-order valence-corrected chi connectivity index (χ0v) is 34.3. The number of nitrogens with zero attached hydrogens (tertiary/aromatic N) is 3. The summed E-state index contributed by atoms with van der Waals surface area (Å²) in [5.41, 5.74) is 1.81. The standard InChI is InChI=1S/C22H31ClN2O5.C17H23ClN2O3.ClH/c1-15-5-6-16(18(17(15)23)29-14-22(7-8-22)19(26)27)13-24-9-11-25(12-10-24)20(28)30-21(2,3)4;1-12-2-3-13(10-20-8-6-19-7-9-20)15(14(12)18)23-11-17(4-5-17)16(21)22;/h5-6H,7-14H2,1-4H3,(H,26,27);2-3,19H,4-11H2,1H3,(H,21,22);1H. The average molecular weight is 814 g/mol. The van der Waals surface area contributed by atoms with Gasteiger partial charge in [-0.2, -0.15) is 0 Å². The first-order valence-corrected chi connectivity index (χ1v) is 19.2. The van der Waals surface area contributed by atoms with Crippen molar-refractivity contribution < 1.29 is 38.8 Å². The molecule has 2 aromatic rings. The number of ether oxygens (including phenoxy) is 3. The predicted molar refractivity (Wildman–Crippen MR) is 210 cm³/mol. The predicted octanol–water partition coefficient (Wildman–Crippen LogP) is 6.66. The maximum absolute atomic E-state index is 12.3. The summed E-state index contributed by atoms with van der Waals surface area (Å²) in [4.78, 5) is 41.4. The topological polar surface area (TPSA) is 141 Å². The van der Waals surface area contributed by atoms with E-state index in [1.165, 1.54) is 0 Å². The quantitative estimate of drug-likeness (QED) is 0.212. The van der Waals surface area contributed by atoms with Crippen molar-refractivity contribution in [3.8, 4) is 11.5 Å². The van der Waals surface area contributed by atoms with Gasteiger partial charge in [0.25, 0.3) is 0 Å². The molecule has 2 heterocycles. The molecule has 0 radical (unpaired) electrons. The van der Waals surface area contributed by atoms with E-state index in [-0.39, 0.29) is 31.7 Å². The summed E-state index contributed by atoms with van der Waals surface area (Å²) < 4.78 is 17.3. The largest absolute Gasteiger partial charge is 0.490 e. The van der Waals surface area contributed by atoms with E-state index in [0.29, 0.717) is 80.0 Å². The van der Waals surface area contributed by atoms with Gasteiger partial charge >= 0.3 is 18.0 Å². The third kappa shape index (κ3) is 11.3. The number of aliphatic carboxylic acids is 2. The van der Waals surface area contributed by atoms with Crippen molar-refractivity contribution in [2.45, 2.75) is 79.0 Å². The number of nitrogens with one attached hydrogen (secondary N) is 1. The first-order valence-electron chi connectivity index (χ1n) is 18.4. The normalized spacial score (nSPS) is 19.1. The highest BCUT2D eigenvalue weighted by molar-refractivity contribution is 6.33. The summed E-state index contributed by atoms with van der Waals surface area (Å²) in [7, 11) is 0. The SMILES string of the molecule is Cc1ccc(CN2CCN(C(=O)OC(C)(C)C)CC2)c(OCC2(C(=O)O)CC2)c1Cl.Cc1ccc(CN2CCNCC2)c(OCC2(C(=O)O)CC2)c1Cl.Cl. The molecule has 2 saturated carbocycles. The second-order valence-corrected chi connectivity index (χ2v) is 16.6. The Kier molecular flexibility index (Phi) is 14.8. The molecule has 0 spiro atoms. The van der Waals surface area contributed by atoms with Gasteiger partial charge in [-0.05, 0) is 71.4 Å². The van der Waals surface area contributed by atoms with Gasteiger partial charge in [0.1, 0.15) is 41.1 Å². The van der Waals surface area contributed by atoms with Crippen LogP contribution in [0.4, 0.5) is 4.79 Å². The number of rotatable bonds is 12. The molecule has 0 unspecified atom stereocenters. The van der Waals surface area contributed by atoms with Crippen LogP contribution in [0.3, 0.4) is 0 Å². The van der Waals surface area contributed by atoms with Crippen LogP contribution in [0.2, 0.25) is 10.0 Å². The van der Waals surface area contributed by atoms with Crippen molar-refractivity contribution in [2.75, 3.05) is 65.6 Å². The molecule has 4 fully saturated rings. The van der Waals surface area contributed by atoms with Crippen molar-refractivity contribution in [1.29, 1.82) is 0 Å². The Balaban J connectivity index is 0.000000244. The fraction of sp³-hybridized carbons (Fsp3) is 0.615. The number of piperazine rings is 2. The van der Waals surface area contributed by atoms with Gasteiger partial charge in [0.2, 0.25) is 0 Å². The fourth-order valence-electron chi connectivity index (χ4n) is 6.28. The number of carboxylic acids is 2. The Bertz CT molecular complexity index is 1650. The second-order valence-electron chi connectivity index (χ2n) is 15.9. The minimum atomic E-state index is -0.814. The van der Waals surface area contributed by atoms with Crippen LogP contribution in [0.25, 0.3) is 0 Å². The number of halogens is 3. The monoisotopic (exact) mass is 812 g/mol. The van der Waals surface area contributed by atoms with Gasteiger partial charge in [-0.15, -0.1) is 12.4 Å². The van der Waals surface area contributed by atoms with Crippen molar-refractivity contribution in [3.05, 3.63) is 56.6 Å². The Hall–Kier alpha value is -3.00. The summed E-state index contributed by atoms with van der Waals surface area (Å²) >= 11 is 13.0. The first kappa shape index (κ1) is 43.7. The van der Waals surface area contributed by atoms with Crippen LogP contribution in [0.15, 0.2) is 24.3 Å². The zero-order chi connectivity index (χ0) is 38.6. The lowest BCUT2D eigenvalue weighted by molar-refractivity contribution is -0.145. The molecule has 2 saturated heterocycles. The molecule has 300 valence electrons. The summed E-state index contributed by atoms with van der Waals surface area (Å²) in [5, 5.41) is 23.2. The molecule has 3 N–H and O–H groups in total. The Morgan fingerprint density at radius 3 is 1.50 bits per heavy atom. The molecule has 0 aromatic heterocycles. The smallest absolute Gasteiger partial charge is 0.410 e. The van der Waals surface area contributed by atoms with E-state index in [1.807, 2.05) is 58.9 Å². The van der Waals surface area contributed by atoms with E-state index in [9.17, 15) is 24.6 Å². The lowest BCUT2D eigenvalue weighted by Crippen LogP contribution is -2.49. The van der Waals surface area contributed by atoms with E-state index in [2.05, 4.69) is 15.1 Å². The summed E-state index contributed by atoms with van der Waals surface area (Å²) in [5.74, 6) is -0.368. The summed E-state index contributed by atoms with van der Waals surface area (Å²) in [6.45, 7) is 17.7. The number of hydrogen-bond acceptors (Lipinski definition) is 9. The van der Waals surface area contributed by atoms with Crippen LogP contribution < -0.4 is 14.8 Å². The third-order valence-electron chi connectivity index (χ3n) is 10.4. The lowest BCUT2D eigenvalue weighted by Gasteiger charge is -2.35. The molecule has 54 heavy (non-hydrogen) atoms. The van der Waals surface area contributed by atoms with Gasteiger partial charge < -0.3 is 34.6 Å². The molecule has 1 amide bonds. The maximum atomic E-state index is 12.3. The molecular formula is C39H55Cl3N4O8. The van der Waals surface area contributed by atoms with Crippen LogP contribution in [-0.2, 0) is 27.4 Å². The highest BCUT2D eigenvalue weighted by Gasteiger charge is 2.52. The molecular weight excluding hydrogens is 759 g/mol. The van der Waals surface area contributed by atoms with Gasteiger partial charge in [0.15, 0.2) is 0 Å². The van der Waals surface area contributed by atoms with Crippen LogP contribution in [-0.4, -0.2) is 114 Å². The van der Waals surface area contributed by atoms with E-state index >= 15 is 0 Å². The van der Waals surface area contributed by atoms with Crippen molar-refractivity contribution in [3.63, 3.8) is 0 Å². The molecule has 4 aliphatic rings. The van der Waals surface area contributed by atoms with Crippen LogP contribution in [0.1, 0.15) is 68.7 Å². The van der Waals surface area contributed by atoms with Crippen molar-refractivity contribution in [1.82, 2.24) is 20.0 Å². The van der Waals surface area contributed by atoms with Gasteiger partial charge in [-0.1, -0.05) is 47.5 Å². The molecule has 15 heteroatoms. The number of carboxylic acid groups (broad SMARTS) is 2. The number of carbonyl (C=O) groups is 3. The van der Waals surface area contributed by atoms with E-state index < -0.39 is 28.4 Å². The molecule has 12 nitrogen and oxygen atoms in total. The molecule has 2 aliphatic carbocycles. The van der Waals surface area contributed by atoms with Crippen molar-refractivity contribution in [2.24, 2.45) is 10.8 Å². The van der Waals surface area contributed by atoms with Crippen LogP contribution in [0, 0.1) is 24.7 Å². The molecule has 2 aromatic carbocycles. The number of aryl methyl sites for hydroxylation is 2. The Morgan fingerprint density at radius 2 is 1.13 bits per heavy atom. The number of carbonyl (C=O) groups excluding carboxylic acids is 1. The molecule has 6 rings (SSSR count). The zero-order valence-electron chi connectivity index (χ0n) is 32.0. The number of benzene rings is 2. The van der Waals surface area contributed by atoms with E-state index in [0.717, 1.165) is 55.0 Å². The molecule has 2 aliphatic heterocycles. The Morgan fingerprint density at radius 1 is 0.722 bits per heavy atom. The van der Waals surface area contributed by atoms with Crippen LogP contribution >= 0.6 is 35.6 Å².